The Morgan fingerprint density at radius 2 is 0.950 bits per heavy atom. The van der Waals surface area contributed by atoms with E-state index >= 15 is 0 Å². The highest BCUT2D eigenvalue weighted by atomic mass is 35.5. The molecule has 3 aromatic rings. The molecule has 0 unspecified atom stereocenters. The maximum Gasteiger partial charge on any atom is 0.0482 e. The van der Waals surface area contributed by atoms with Crippen molar-refractivity contribution in [2.24, 2.45) is 7.05 Å². The van der Waals surface area contributed by atoms with Crippen LogP contribution in [0.2, 0.25) is 10.0 Å². The molecule has 20 heavy (non-hydrogen) atoms. The fourth-order valence-electron chi connectivity index (χ4n) is 2.33. The average Bonchev–Trinajstić information content (AvgIpc) is 2.83. The van der Waals surface area contributed by atoms with Crippen LogP contribution < -0.4 is 0 Å². The van der Waals surface area contributed by atoms with E-state index in [4.69, 9.17) is 23.2 Å². The van der Waals surface area contributed by atoms with Crippen LogP contribution in [0.1, 0.15) is 0 Å². The van der Waals surface area contributed by atoms with Crippen LogP contribution in [-0.4, -0.2) is 4.57 Å². The quantitative estimate of drug-likeness (QED) is 0.575. The van der Waals surface area contributed by atoms with Gasteiger partial charge in [-0.25, -0.2) is 0 Å². The van der Waals surface area contributed by atoms with Gasteiger partial charge in [-0.15, -0.1) is 0 Å². The van der Waals surface area contributed by atoms with Crippen LogP contribution in [0, 0.1) is 0 Å². The first-order chi connectivity index (χ1) is 9.65. The van der Waals surface area contributed by atoms with Gasteiger partial charge in [-0.3, -0.25) is 0 Å². The largest absolute Gasteiger partial charge is 0.344 e. The van der Waals surface area contributed by atoms with Gasteiger partial charge in [0.15, 0.2) is 0 Å². The standard InChI is InChI=1S/C17H13Cl2N/c1-20-16(12-2-6-14(18)7-3-12)10-11-17(20)13-4-8-15(19)9-5-13/h2-11H,1H3. The molecule has 1 heterocycles. The normalized spacial score (nSPS) is 10.8. The molecular formula is C17H13Cl2N. The first kappa shape index (κ1) is 13.3. The zero-order chi connectivity index (χ0) is 14.1. The molecule has 3 heteroatoms. The molecule has 0 aliphatic rings. The first-order valence-corrected chi connectivity index (χ1v) is 7.08. The zero-order valence-electron chi connectivity index (χ0n) is 11.0. The van der Waals surface area contributed by atoms with Gasteiger partial charge in [0.2, 0.25) is 0 Å². The van der Waals surface area contributed by atoms with E-state index in [1.54, 1.807) is 0 Å². The van der Waals surface area contributed by atoms with Gasteiger partial charge in [0, 0.05) is 28.5 Å². The van der Waals surface area contributed by atoms with E-state index in [2.05, 4.69) is 23.7 Å². The van der Waals surface area contributed by atoms with Gasteiger partial charge in [-0.2, -0.15) is 0 Å². The lowest BCUT2D eigenvalue weighted by Crippen LogP contribution is -1.94. The summed E-state index contributed by atoms with van der Waals surface area (Å²) in [6, 6.07) is 20.0. The second-order valence-electron chi connectivity index (χ2n) is 4.68. The fraction of sp³-hybridized carbons (Fsp3) is 0.0588. The number of hydrogen-bond acceptors (Lipinski definition) is 0. The van der Waals surface area contributed by atoms with E-state index < -0.39 is 0 Å². The molecule has 1 nitrogen and oxygen atoms in total. The Morgan fingerprint density at radius 3 is 1.30 bits per heavy atom. The minimum atomic E-state index is 0.751. The van der Waals surface area contributed by atoms with Crippen molar-refractivity contribution in [3.05, 3.63) is 70.7 Å². The summed E-state index contributed by atoms with van der Waals surface area (Å²) in [5, 5.41) is 1.50. The molecule has 1 aromatic heterocycles. The number of benzene rings is 2. The lowest BCUT2D eigenvalue weighted by Gasteiger charge is -2.08. The third-order valence-corrected chi connectivity index (χ3v) is 3.91. The summed E-state index contributed by atoms with van der Waals surface area (Å²) in [5.41, 5.74) is 4.62. The molecule has 0 spiro atoms. The molecule has 0 N–H and O–H groups in total. The van der Waals surface area contributed by atoms with Crippen molar-refractivity contribution in [2.75, 3.05) is 0 Å². The van der Waals surface area contributed by atoms with Crippen molar-refractivity contribution in [2.45, 2.75) is 0 Å². The van der Waals surface area contributed by atoms with E-state index in [0.29, 0.717) is 0 Å². The number of nitrogens with zero attached hydrogens (tertiary/aromatic N) is 1. The fourth-order valence-corrected chi connectivity index (χ4v) is 2.58. The van der Waals surface area contributed by atoms with E-state index in [9.17, 15) is 0 Å². The van der Waals surface area contributed by atoms with Gasteiger partial charge < -0.3 is 4.57 Å². The maximum absolute atomic E-state index is 5.94. The van der Waals surface area contributed by atoms with Gasteiger partial charge in [0.1, 0.15) is 0 Å². The summed E-state index contributed by atoms with van der Waals surface area (Å²) in [6.45, 7) is 0. The van der Waals surface area contributed by atoms with Crippen LogP contribution in [0.4, 0.5) is 0 Å². The Labute approximate surface area is 128 Å². The summed E-state index contributed by atoms with van der Waals surface area (Å²) in [4.78, 5) is 0. The summed E-state index contributed by atoms with van der Waals surface area (Å²) < 4.78 is 2.17. The minimum Gasteiger partial charge on any atom is -0.344 e. The van der Waals surface area contributed by atoms with Crippen LogP contribution in [0.3, 0.4) is 0 Å². The predicted octanol–water partition coefficient (Wildman–Crippen LogP) is 5.67. The molecule has 0 aliphatic carbocycles. The topological polar surface area (TPSA) is 4.93 Å². The molecule has 2 aromatic carbocycles. The van der Waals surface area contributed by atoms with Gasteiger partial charge in [0.25, 0.3) is 0 Å². The molecule has 0 aliphatic heterocycles. The average molecular weight is 302 g/mol. The monoisotopic (exact) mass is 301 g/mol. The SMILES string of the molecule is Cn1c(-c2ccc(Cl)cc2)ccc1-c1ccc(Cl)cc1. The molecule has 0 fully saturated rings. The van der Waals surface area contributed by atoms with Crippen LogP contribution in [0.15, 0.2) is 60.7 Å². The van der Waals surface area contributed by atoms with Crippen molar-refractivity contribution < 1.29 is 0 Å². The summed E-state index contributed by atoms with van der Waals surface area (Å²) in [7, 11) is 2.06. The number of rotatable bonds is 2. The van der Waals surface area contributed by atoms with Crippen LogP contribution in [0.25, 0.3) is 22.5 Å². The summed E-state index contributed by atoms with van der Waals surface area (Å²) in [5.74, 6) is 0. The van der Waals surface area contributed by atoms with Crippen molar-refractivity contribution in [3.63, 3.8) is 0 Å². The second-order valence-corrected chi connectivity index (χ2v) is 5.55. The highest BCUT2D eigenvalue weighted by molar-refractivity contribution is 6.30. The third-order valence-electron chi connectivity index (χ3n) is 3.40. The van der Waals surface area contributed by atoms with Gasteiger partial charge in [0.05, 0.1) is 0 Å². The second kappa shape index (κ2) is 5.35. The molecule has 3 rings (SSSR count). The number of halogens is 2. The van der Waals surface area contributed by atoms with Crippen molar-refractivity contribution in [3.8, 4) is 22.5 Å². The highest BCUT2D eigenvalue weighted by Gasteiger charge is 2.08. The Morgan fingerprint density at radius 1 is 0.600 bits per heavy atom. The molecule has 0 radical (unpaired) electrons. The minimum absolute atomic E-state index is 0.751. The van der Waals surface area contributed by atoms with E-state index in [0.717, 1.165) is 32.6 Å². The van der Waals surface area contributed by atoms with E-state index in [1.807, 2.05) is 48.5 Å². The number of hydrogen-bond donors (Lipinski definition) is 0. The highest BCUT2D eigenvalue weighted by Crippen LogP contribution is 2.29. The molecule has 100 valence electrons. The van der Waals surface area contributed by atoms with Crippen LogP contribution in [-0.2, 0) is 7.05 Å². The van der Waals surface area contributed by atoms with Crippen LogP contribution in [0.5, 0.6) is 0 Å². The van der Waals surface area contributed by atoms with E-state index in [1.165, 1.54) is 0 Å². The van der Waals surface area contributed by atoms with E-state index in [-0.39, 0.29) is 0 Å². The molecule has 0 amide bonds. The Bertz CT molecular complexity index is 662. The first-order valence-electron chi connectivity index (χ1n) is 6.33. The lowest BCUT2D eigenvalue weighted by molar-refractivity contribution is 0.946. The zero-order valence-corrected chi connectivity index (χ0v) is 12.5. The Kier molecular flexibility index (Phi) is 3.56. The summed E-state index contributed by atoms with van der Waals surface area (Å²) in [6.07, 6.45) is 0. The molecule has 0 bridgehead atoms. The van der Waals surface area contributed by atoms with Crippen molar-refractivity contribution in [1.82, 2.24) is 4.57 Å². The summed E-state index contributed by atoms with van der Waals surface area (Å²) >= 11 is 11.9. The lowest BCUT2D eigenvalue weighted by atomic mass is 10.1. The Hall–Kier alpha value is -1.70. The Balaban J connectivity index is 2.04. The molecule has 0 saturated heterocycles. The van der Waals surface area contributed by atoms with Gasteiger partial charge >= 0.3 is 0 Å². The van der Waals surface area contributed by atoms with Gasteiger partial charge in [-0.05, 0) is 47.5 Å². The van der Waals surface area contributed by atoms with Gasteiger partial charge in [-0.1, -0.05) is 47.5 Å². The smallest absolute Gasteiger partial charge is 0.0482 e. The molecular weight excluding hydrogens is 289 g/mol. The molecule has 0 atom stereocenters. The predicted molar refractivity (Wildman–Crippen MR) is 86.3 cm³/mol. The van der Waals surface area contributed by atoms with Crippen LogP contribution >= 0.6 is 23.2 Å². The third kappa shape index (κ3) is 2.47. The molecule has 0 saturated carbocycles. The maximum atomic E-state index is 5.94. The van der Waals surface area contributed by atoms with Crippen molar-refractivity contribution >= 4 is 23.2 Å². The number of aromatic nitrogens is 1. The van der Waals surface area contributed by atoms with Crippen molar-refractivity contribution in [1.29, 1.82) is 0 Å².